The Morgan fingerprint density at radius 1 is 1.39 bits per heavy atom. The summed E-state index contributed by atoms with van der Waals surface area (Å²) < 4.78 is 25.3. The Morgan fingerprint density at radius 2 is 2.17 bits per heavy atom. The van der Waals surface area contributed by atoms with Crippen LogP contribution in [0.25, 0.3) is 0 Å². The number of carbonyl (C=O) groups is 1. The summed E-state index contributed by atoms with van der Waals surface area (Å²) in [6, 6.07) is 5.10. The van der Waals surface area contributed by atoms with E-state index in [9.17, 15) is 13.2 Å². The summed E-state index contributed by atoms with van der Waals surface area (Å²) in [5.41, 5.74) is 1.58. The Labute approximate surface area is 138 Å². The van der Waals surface area contributed by atoms with Gasteiger partial charge in [-0.1, -0.05) is 11.6 Å². The summed E-state index contributed by atoms with van der Waals surface area (Å²) >= 11 is 0. The molecule has 1 fully saturated rings. The van der Waals surface area contributed by atoms with Crippen LogP contribution in [0, 0.1) is 12.8 Å². The van der Waals surface area contributed by atoms with E-state index >= 15 is 0 Å². The molecule has 0 aromatic heterocycles. The zero-order valence-electron chi connectivity index (χ0n) is 13.7. The Morgan fingerprint density at radius 3 is 2.83 bits per heavy atom. The number of nitrogens with one attached hydrogen (secondary N) is 3. The highest BCUT2D eigenvalue weighted by Crippen LogP contribution is 2.19. The number of sulfonamides is 1. The highest BCUT2D eigenvalue weighted by Gasteiger charge is 2.16. The molecule has 1 saturated heterocycles. The predicted molar refractivity (Wildman–Crippen MR) is 92.2 cm³/mol. The van der Waals surface area contributed by atoms with Crippen molar-refractivity contribution in [2.24, 2.45) is 5.92 Å². The van der Waals surface area contributed by atoms with Crippen molar-refractivity contribution in [1.29, 1.82) is 0 Å². The van der Waals surface area contributed by atoms with Gasteiger partial charge in [0.15, 0.2) is 0 Å². The molecule has 1 aliphatic rings. The topological polar surface area (TPSA) is 87.3 Å². The monoisotopic (exact) mass is 339 g/mol. The lowest BCUT2D eigenvalue weighted by Gasteiger charge is -2.22. The number of amides is 1. The zero-order chi connectivity index (χ0) is 16.9. The number of benzene rings is 1. The molecule has 0 bridgehead atoms. The molecule has 0 aliphatic carbocycles. The van der Waals surface area contributed by atoms with Crippen molar-refractivity contribution in [1.82, 2.24) is 10.6 Å². The van der Waals surface area contributed by atoms with Gasteiger partial charge in [-0.3, -0.25) is 9.52 Å². The third-order valence-corrected chi connectivity index (χ3v) is 4.54. The highest BCUT2D eigenvalue weighted by molar-refractivity contribution is 7.92. The summed E-state index contributed by atoms with van der Waals surface area (Å²) in [4.78, 5) is 12.4. The predicted octanol–water partition coefficient (Wildman–Crippen LogP) is 1.49. The van der Waals surface area contributed by atoms with Crippen molar-refractivity contribution < 1.29 is 13.2 Å². The molecule has 1 heterocycles. The molecule has 1 aromatic rings. The maximum absolute atomic E-state index is 12.4. The van der Waals surface area contributed by atoms with Crippen LogP contribution in [0.3, 0.4) is 0 Å². The molecule has 2 rings (SSSR count). The lowest BCUT2D eigenvalue weighted by molar-refractivity contribution is 0.0951. The maximum atomic E-state index is 12.4. The molecule has 0 saturated carbocycles. The summed E-state index contributed by atoms with van der Waals surface area (Å²) in [6.07, 6.45) is 4.37. The van der Waals surface area contributed by atoms with Crippen LogP contribution in [-0.2, 0) is 10.0 Å². The van der Waals surface area contributed by atoms with Crippen LogP contribution in [0.2, 0.25) is 0 Å². The quantitative estimate of drug-likeness (QED) is 0.733. The summed E-state index contributed by atoms with van der Waals surface area (Å²) in [5.74, 6) is 0.346. The first-order valence-corrected chi connectivity index (χ1v) is 9.81. The number of carbonyl (C=O) groups excluding carboxylic acids is 1. The molecule has 6 nitrogen and oxygen atoms in total. The van der Waals surface area contributed by atoms with Gasteiger partial charge in [-0.25, -0.2) is 8.42 Å². The average molecular weight is 339 g/mol. The van der Waals surface area contributed by atoms with Gasteiger partial charge in [0, 0.05) is 6.54 Å². The van der Waals surface area contributed by atoms with Gasteiger partial charge < -0.3 is 10.6 Å². The molecule has 3 N–H and O–H groups in total. The van der Waals surface area contributed by atoms with E-state index in [1.54, 1.807) is 18.2 Å². The van der Waals surface area contributed by atoms with Crippen molar-refractivity contribution >= 4 is 21.6 Å². The minimum atomic E-state index is -3.42. The third-order valence-electron chi connectivity index (χ3n) is 3.95. The molecule has 1 amide bonds. The second kappa shape index (κ2) is 7.79. The normalized spacial score (nSPS) is 18.4. The van der Waals surface area contributed by atoms with Crippen molar-refractivity contribution in [3.8, 4) is 0 Å². The molecule has 23 heavy (non-hydrogen) atoms. The van der Waals surface area contributed by atoms with Crippen LogP contribution in [0.15, 0.2) is 18.2 Å². The van der Waals surface area contributed by atoms with E-state index < -0.39 is 10.0 Å². The van der Waals surface area contributed by atoms with E-state index in [1.807, 2.05) is 6.92 Å². The summed E-state index contributed by atoms with van der Waals surface area (Å²) in [5, 5.41) is 6.26. The largest absolute Gasteiger partial charge is 0.352 e. The Balaban J connectivity index is 1.98. The fourth-order valence-electron chi connectivity index (χ4n) is 2.79. The Bertz CT molecular complexity index is 653. The minimum absolute atomic E-state index is 0.247. The molecule has 0 radical (unpaired) electrons. The van der Waals surface area contributed by atoms with Crippen LogP contribution < -0.4 is 15.4 Å². The second-order valence-electron chi connectivity index (χ2n) is 6.18. The van der Waals surface area contributed by atoms with Crippen LogP contribution in [0.4, 0.5) is 5.69 Å². The SMILES string of the molecule is Cc1ccc(NS(C)(=O)=O)c(C(=O)NCCC2CCCNC2)c1. The van der Waals surface area contributed by atoms with Gasteiger partial charge in [-0.2, -0.15) is 0 Å². The molecule has 1 unspecified atom stereocenters. The second-order valence-corrected chi connectivity index (χ2v) is 7.93. The van der Waals surface area contributed by atoms with E-state index in [2.05, 4.69) is 15.4 Å². The number of rotatable bonds is 6. The van der Waals surface area contributed by atoms with Gasteiger partial charge in [0.2, 0.25) is 10.0 Å². The molecule has 1 aliphatic heterocycles. The first-order valence-electron chi connectivity index (χ1n) is 7.92. The van der Waals surface area contributed by atoms with E-state index in [4.69, 9.17) is 0 Å². The molecule has 7 heteroatoms. The molecular formula is C16H25N3O3S. The maximum Gasteiger partial charge on any atom is 0.253 e. The Hall–Kier alpha value is -1.60. The van der Waals surface area contributed by atoms with Crippen molar-refractivity contribution in [2.45, 2.75) is 26.2 Å². The van der Waals surface area contributed by atoms with Gasteiger partial charge >= 0.3 is 0 Å². The van der Waals surface area contributed by atoms with E-state index in [1.165, 1.54) is 12.8 Å². The number of hydrogen-bond acceptors (Lipinski definition) is 4. The lowest BCUT2D eigenvalue weighted by atomic mass is 9.96. The first-order chi connectivity index (χ1) is 10.8. The van der Waals surface area contributed by atoms with Crippen molar-refractivity contribution in [3.63, 3.8) is 0 Å². The van der Waals surface area contributed by atoms with Gasteiger partial charge in [0.25, 0.3) is 5.91 Å². The highest BCUT2D eigenvalue weighted by atomic mass is 32.2. The first kappa shape index (κ1) is 17.7. The van der Waals surface area contributed by atoms with Crippen molar-refractivity contribution in [3.05, 3.63) is 29.3 Å². The van der Waals surface area contributed by atoms with Crippen LogP contribution in [-0.4, -0.2) is 40.2 Å². The van der Waals surface area contributed by atoms with E-state index in [0.717, 1.165) is 31.3 Å². The zero-order valence-corrected chi connectivity index (χ0v) is 14.5. The van der Waals surface area contributed by atoms with Gasteiger partial charge in [-0.05, 0) is 57.3 Å². The molecule has 1 aromatic carbocycles. The standard InChI is InChI=1S/C16H25N3O3S/c1-12-5-6-15(19-23(2,21)22)14(10-12)16(20)18-9-7-13-4-3-8-17-11-13/h5-6,10,13,17,19H,3-4,7-9,11H2,1-2H3,(H,18,20). The Kier molecular flexibility index (Phi) is 6.01. The average Bonchev–Trinajstić information content (AvgIpc) is 2.49. The van der Waals surface area contributed by atoms with Crippen molar-refractivity contribution in [2.75, 3.05) is 30.6 Å². The fourth-order valence-corrected chi connectivity index (χ4v) is 3.37. The molecular weight excluding hydrogens is 314 g/mol. The van der Waals surface area contributed by atoms with Gasteiger partial charge in [0.1, 0.15) is 0 Å². The van der Waals surface area contributed by atoms with Crippen LogP contribution in [0.1, 0.15) is 35.2 Å². The number of piperidine rings is 1. The molecule has 1 atom stereocenters. The number of hydrogen-bond donors (Lipinski definition) is 3. The summed E-state index contributed by atoms with van der Waals surface area (Å²) in [6.45, 7) is 4.54. The summed E-state index contributed by atoms with van der Waals surface area (Å²) in [7, 11) is -3.42. The minimum Gasteiger partial charge on any atom is -0.352 e. The number of anilines is 1. The van der Waals surface area contributed by atoms with E-state index in [-0.39, 0.29) is 5.91 Å². The third kappa shape index (κ3) is 5.84. The number of aryl methyl sites for hydroxylation is 1. The smallest absolute Gasteiger partial charge is 0.253 e. The van der Waals surface area contributed by atoms with Gasteiger partial charge in [0.05, 0.1) is 17.5 Å². The molecule has 0 spiro atoms. The van der Waals surface area contributed by atoms with Crippen LogP contribution >= 0.6 is 0 Å². The van der Waals surface area contributed by atoms with Gasteiger partial charge in [-0.15, -0.1) is 0 Å². The fraction of sp³-hybridized carbons (Fsp3) is 0.562. The lowest BCUT2D eigenvalue weighted by Crippen LogP contribution is -2.33. The van der Waals surface area contributed by atoms with Crippen LogP contribution in [0.5, 0.6) is 0 Å². The molecule has 128 valence electrons. The van der Waals surface area contributed by atoms with E-state index in [0.29, 0.717) is 23.7 Å².